The Morgan fingerprint density at radius 3 is 2.36 bits per heavy atom. The van der Waals surface area contributed by atoms with E-state index in [4.69, 9.17) is 0 Å². The molecule has 0 unspecified atom stereocenters. The van der Waals surface area contributed by atoms with E-state index in [1.54, 1.807) is 38.4 Å². The predicted molar refractivity (Wildman–Crippen MR) is 134 cm³/mol. The van der Waals surface area contributed by atoms with Gasteiger partial charge in [0.2, 0.25) is 5.91 Å². The normalized spacial score (nSPS) is 11.3. The zero-order chi connectivity index (χ0) is 24.2. The van der Waals surface area contributed by atoms with Gasteiger partial charge in [0.05, 0.1) is 5.75 Å². The van der Waals surface area contributed by atoms with Gasteiger partial charge in [-0.25, -0.2) is 0 Å². The maximum absolute atomic E-state index is 12.5. The molecule has 0 aliphatic rings. The van der Waals surface area contributed by atoms with Crippen LogP contribution in [0, 0.1) is 0 Å². The molecule has 8 heteroatoms. The zero-order valence-corrected chi connectivity index (χ0v) is 20.9. The molecular weight excluding hydrogens is 434 g/mol. The molecular formula is C25H31N5O2S. The Morgan fingerprint density at radius 1 is 1.06 bits per heavy atom. The van der Waals surface area contributed by atoms with Crippen molar-refractivity contribution in [2.75, 3.05) is 25.2 Å². The maximum Gasteiger partial charge on any atom is 0.253 e. The fourth-order valence-electron chi connectivity index (χ4n) is 3.33. The fraction of sp³-hybridized carbons (Fsp3) is 0.360. The fourth-order valence-corrected chi connectivity index (χ4v) is 4.13. The van der Waals surface area contributed by atoms with Crippen LogP contribution in [0.4, 0.5) is 5.69 Å². The molecule has 0 saturated heterocycles. The molecule has 0 atom stereocenters. The summed E-state index contributed by atoms with van der Waals surface area (Å²) >= 11 is 1.34. The summed E-state index contributed by atoms with van der Waals surface area (Å²) in [5.41, 5.74) is 3.46. The van der Waals surface area contributed by atoms with Gasteiger partial charge in [0, 0.05) is 37.5 Å². The van der Waals surface area contributed by atoms with E-state index in [-0.39, 0.29) is 23.0 Å². The standard InChI is InChI=1S/C25H31N5O2S/c1-7-30-22(17-11-13-19(14-12-17)25(2,3)4)27-28-24(30)33-16-21(31)26-20-10-8-9-18(15-20)23(32)29(5)6/h8-15H,7,16H2,1-6H3,(H,26,31). The molecule has 1 aromatic heterocycles. The van der Waals surface area contributed by atoms with Crippen molar-refractivity contribution in [2.45, 2.75) is 44.8 Å². The van der Waals surface area contributed by atoms with Crippen molar-refractivity contribution in [3.8, 4) is 11.4 Å². The highest BCUT2D eigenvalue weighted by Crippen LogP contribution is 2.27. The van der Waals surface area contributed by atoms with Crippen molar-refractivity contribution in [3.05, 3.63) is 59.7 Å². The number of thioether (sulfide) groups is 1. The summed E-state index contributed by atoms with van der Waals surface area (Å²) in [6.07, 6.45) is 0. The van der Waals surface area contributed by atoms with Crippen molar-refractivity contribution >= 4 is 29.3 Å². The Labute approximate surface area is 199 Å². The van der Waals surface area contributed by atoms with E-state index in [0.717, 1.165) is 11.4 Å². The lowest BCUT2D eigenvalue weighted by molar-refractivity contribution is -0.113. The van der Waals surface area contributed by atoms with Crippen LogP contribution >= 0.6 is 11.8 Å². The number of carbonyl (C=O) groups is 2. The van der Waals surface area contributed by atoms with Crippen molar-refractivity contribution in [3.63, 3.8) is 0 Å². The first kappa shape index (κ1) is 24.5. The summed E-state index contributed by atoms with van der Waals surface area (Å²) in [7, 11) is 3.39. The molecule has 0 radical (unpaired) electrons. The summed E-state index contributed by atoms with van der Waals surface area (Å²) in [6.45, 7) is 9.29. The lowest BCUT2D eigenvalue weighted by Crippen LogP contribution is -2.22. The number of nitrogens with zero attached hydrogens (tertiary/aromatic N) is 4. The lowest BCUT2D eigenvalue weighted by atomic mass is 9.87. The van der Waals surface area contributed by atoms with E-state index in [2.05, 4.69) is 60.6 Å². The number of aromatic nitrogens is 3. The number of benzene rings is 2. The van der Waals surface area contributed by atoms with Crippen LogP contribution in [0.2, 0.25) is 0 Å². The monoisotopic (exact) mass is 465 g/mol. The smallest absolute Gasteiger partial charge is 0.253 e. The molecule has 0 aliphatic carbocycles. The average molecular weight is 466 g/mol. The van der Waals surface area contributed by atoms with Crippen molar-refractivity contribution < 1.29 is 9.59 Å². The summed E-state index contributed by atoms with van der Waals surface area (Å²) in [4.78, 5) is 26.2. The lowest BCUT2D eigenvalue weighted by Gasteiger charge is -2.19. The van der Waals surface area contributed by atoms with Crippen molar-refractivity contribution in [1.29, 1.82) is 0 Å². The number of anilines is 1. The number of carbonyl (C=O) groups excluding carboxylic acids is 2. The predicted octanol–water partition coefficient (Wildman–Crippen LogP) is 4.70. The molecule has 1 N–H and O–H groups in total. The minimum absolute atomic E-state index is 0.0879. The molecule has 0 aliphatic heterocycles. The highest BCUT2D eigenvalue weighted by atomic mass is 32.2. The molecule has 7 nitrogen and oxygen atoms in total. The molecule has 174 valence electrons. The Kier molecular flexibility index (Phi) is 7.58. The van der Waals surface area contributed by atoms with E-state index in [0.29, 0.717) is 23.0 Å². The summed E-state index contributed by atoms with van der Waals surface area (Å²) in [6, 6.07) is 15.3. The third-order valence-electron chi connectivity index (χ3n) is 5.17. The van der Waals surface area contributed by atoms with Crippen LogP contribution in [-0.2, 0) is 16.8 Å². The van der Waals surface area contributed by atoms with Gasteiger partial charge in [0.25, 0.3) is 5.91 Å². The summed E-state index contributed by atoms with van der Waals surface area (Å²) in [5.74, 6) is 0.694. The number of amides is 2. The van der Waals surface area contributed by atoms with E-state index in [9.17, 15) is 9.59 Å². The Bertz CT molecular complexity index is 1130. The van der Waals surface area contributed by atoms with Crippen LogP contribution in [0.15, 0.2) is 53.7 Å². The van der Waals surface area contributed by atoms with E-state index in [1.807, 2.05) is 11.5 Å². The number of rotatable bonds is 7. The van der Waals surface area contributed by atoms with Gasteiger partial charge in [0.1, 0.15) is 0 Å². The van der Waals surface area contributed by atoms with Gasteiger partial charge in [-0.1, -0.05) is 62.9 Å². The van der Waals surface area contributed by atoms with Crippen molar-refractivity contribution in [1.82, 2.24) is 19.7 Å². The molecule has 0 spiro atoms. The van der Waals surface area contributed by atoms with Crippen LogP contribution < -0.4 is 5.32 Å². The second kappa shape index (κ2) is 10.2. The summed E-state index contributed by atoms with van der Waals surface area (Å²) in [5, 5.41) is 12.2. The second-order valence-corrected chi connectivity index (χ2v) is 9.94. The molecule has 2 aromatic carbocycles. The Balaban J connectivity index is 1.68. The SMILES string of the molecule is CCn1c(SCC(=O)Nc2cccc(C(=O)N(C)C)c2)nnc1-c1ccc(C(C)(C)C)cc1. The van der Waals surface area contributed by atoms with Gasteiger partial charge in [0.15, 0.2) is 11.0 Å². The van der Waals surface area contributed by atoms with E-state index in [1.165, 1.54) is 22.2 Å². The first-order valence-electron chi connectivity index (χ1n) is 10.9. The van der Waals surface area contributed by atoms with Gasteiger partial charge >= 0.3 is 0 Å². The average Bonchev–Trinajstić information content (AvgIpc) is 3.19. The molecule has 1 heterocycles. The molecule has 3 rings (SSSR count). The molecule has 0 fully saturated rings. The van der Waals surface area contributed by atoms with Crippen LogP contribution in [0.3, 0.4) is 0 Å². The minimum atomic E-state index is -0.170. The first-order chi connectivity index (χ1) is 15.6. The van der Waals surface area contributed by atoms with Crippen molar-refractivity contribution in [2.24, 2.45) is 0 Å². The second-order valence-electron chi connectivity index (χ2n) is 9.00. The summed E-state index contributed by atoms with van der Waals surface area (Å²) < 4.78 is 2.01. The third kappa shape index (κ3) is 6.01. The minimum Gasteiger partial charge on any atom is -0.345 e. The molecule has 0 saturated carbocycles. The molecule has 0 bridgehead atoms. The maximum atomic E-state index is 12.5. The van der Waals surface area contributed by atoms with Gasteiger partial charge in [-0.2, -0.15) is 0 Å². The van der Waals surface area contributed by atoms with Gasteiger partial charge in [-0.05, 0) is 36.1 Å². The number of hydrogen-bond acceptors (Lipinski definition) is 5. The van der Waals surface area contributed by atoms with Crippen LogP contribution in [0.1, 0.15) is 43.6 Å². The van der Waals surface area contributed by atoms with Gasteiger partial charge < -0.3 is 14.8 Å². The highest BCUT2D eigenvalue weighted by Gasteiger charge is 2.17. The van der Waals surface area contributed by atoms with E-state index >= 15 is 0 Å². The molecule has 33 heavy (non-hydrogen) atoms. The van der Waals surface area contributed by atoms with Gasteiger partial charge in [-0.15, -0.1) is 10.2 Å². The highest BCUT2D eigenvalue weighted by molar-refractivity contribution is 7.99. The van der Waals surface area contributed by atoms with Crippen LogP contribution in [-0.4, -0.2) is 51.3 Å². The van der Waals surface area contributed by atoms with Gasteiger partial charge in [-0.3, -0.25) is 9.59 Å². The number of nitrogens with one attached hydrogen (secondary N) is 1. The van der Waals surface area contributed by atoms with E-state index < -0.39 is 0 Å². The first-order valence-corrected chi connectivity index (χ1v) is 11.9. The van der Waals surface area contributed by atoms with Crippen LogP contribution in [0.25, 0.3) is 11.4 Å². The van der Waals surface area contributed by atoms with Crippen LogP contribution in [0.5, 0.6) is 0 Å². The Morgan fingerprint density at radius 2 is 1.76 bits per heavy atom. The third-order valence-corrected chi connectivity index (χ3v) is 6.14. The molecule has 2 amide bonds. The Hall–Kier alpha value is -3.13. The zero-order valence-electron chi connectivity index (χ0n) is 20.0. The molecule has 3 aromatic rings. The topological polar surface area (TPSA) is 80.1 Å². The largest absolute Gasteiger partial charge is 0.345 e. The quantitative estimate of drug-likeness (QED) is 0.512. The number of hydrogen-bond donors (Lipinski definition) is 1.